The fraction of sp³-hybridized carbons (Fsp3) is 0.235. The molecule has 0 saturated heterocycles. The molecule has 0 aliphatic carbocycles. The van der Waals surface area contributed by atoms with Crippen LogP contribution in [0.5, 0.6) is 17.2 Å². The van der Waals surface area contributed by atoms with E-state index in [9.17, 15) is 14.4 Å². The van der Waals surface area contributed by atoms with Gasteiger partial charge >= 0.3 is 5.97 Å². The van der Waals surface area contributed by atoms with E-state index in [2.05, 4.69) is 5.32 Å². The number of nitrogens with one attached hydrogen (secondary N) is 1. The van der Waals surface area contributed by atoms with E-state index in [1.54, 1.807) is 17.5 Å². The van der Waals surface area contributed by atoms with Crippen LogP contribution in [-0.4, -0.2) is 45.7 Å². The van der Waals surface area contributed by atoms with Gasteiger partial charge in [-0.1, -0.05) is 6.07 Å². The number of esters is 1. The van der Waals surface area contributed by atoms with Crippen molar-refractivity contribution in [1.82, 2.24) is 5.32 Å². The first-order chi connectivity index (χ1) is 12.5. The Kier molecular flexibility index (Phi) is 6.56. The molecule has 1 aromatic carbocycles. The fourth-order valence-corrected chi connectivity index (χ4v) is 2.72. The molecule has 8 nitrogen and oxygen atoms in total. The summed E-state index contributed by atoms with van der Waals surface area (Å²) in [5.41, 5.74) is 0.0579. The van der Waals surface area contributed by atoms with Gasteiger partial charge in [-0.3, -0.25) is 14.9 Å². The van der Waals surface area contributed by atoms with E-state index in [1.807, 2.05) is 0 Å². The largest absolute Gasteiger partial charge is 0.493 e. The van der Waals surface area contributed by atoms with Crippen LogP contribution in [0.25, 0.3) is 0 Å². The van der Waals surface area contributed by atoms with E-state index in [0.717, 1.165) is 0 Å². The predicted octanol–water partition coefficient (Wildman–Crippen LogP) is 1.89. The molecule has 0 aliphatic heterocycles. The highest BCUT2D eigenvalue weighted by Gasteiger charge is 2.22. The maximum absolute atomic E-state index is 12.2. The average molecular weight is 379 g/mol. The number of benzene rings is 1. The predicted molar refractivity (Wildman–Crippen MR) is 93.2 cm³/mol. The number of rotatable bonds is 7. The molecule has 9 heteroatoms. The van der Waals surface area contributed by atoms with Gasteiger partial charge in [0.05, 0.1) is 26.2 Å². The summed E-state index contributed by atoms with van der Waals surface area (Å²) in [5, 5.41) is 3.85. The third-order valence-electron chi connectivity index (χ3n) is 3.26. The second-order valence-electron chi connectivity index (χ2n) is 4.81. The highest BCUT2D eigenvalue weighted by molar-refractivity contribution is 7.12. The smallest absolute Gasteiger partial charge is 0.342 e. The number of imide groups is 1. The van der Waals surface area contributed by atoms with Crippen LogP contribution in [0.3, 0.4) is 0 Å². The van der Waals surface area contributed by atoms with Crippen molar-refractivity contribution in [2.75, 3.05) is 27.9 Å². The van der Waals surface area contributed by atoms with Crippen molar-refractivity contribution >= 4 is 29.1 Å². The second kappa shape index (κ2) is 8.86. The Labute approximate surface area is 153 Å². The van der Waals surface area contributed by atoms with Crippen LogP contribution in [0.1, 0.15) is 20.0 Å². The first-order valence-corrected chi connectivity index (χ1v) is 8.23. The minimum absolute atomic E-state index is 0.0579. The van der Waals surface area contributed by atoms with Gasteiger partial charge in [0.25, 0.3) is 11.8 Å². The molecule has 2 amide bonds. The maximum atomic E-state index is 12.2. The van der Waals surface area contributed by atoms with Crippen LogP contribution in [0.15, 0.2) is 29.6 Å². The molecule has 0 fully saturated rings. The molecule has 1 aromatic heterocycles. The van der Waals surface area contributed by atoms with Crippen molar-refractivity contribution in [1.29, 1.82) is 0 Å². The quantitative estimate of drug-likeness (QED) is 0.733. The van der Waals surface area contributed by atoms with Crippen LogP contribution in [0, 0.1) is 0 Å². The highest BCUT2D eigenvalue weighted by atomic mass is 32.1. The first kappa shape index (κ1) is 19.3. The molecular formula is C17H17NO7S. The number of carbonyl (C=O) groups excluding carboxylic acids is 3. The zero-order valence-corrected chi connectivity index (χ0v) is 15.2. The lowest BCUT2D eigenvalue weighted by Gasteiger charge is -2.15. The zero-order chi connectivity index (χ0) is 19.1. The summed E-state index contributed by atoms with van der Waals surface area (Å²) < 4.78 is 20.5. The van der Waals surface area contributed by atoms with Crippen molar-refractivity contribution in [2.45, 2.75) is 0 Å². The molecule has 1 heterocycles. The molecule has 0 saturated carbocycles. The van der Waals surface area contributed by atoms with E-state index in [0.29, 0.717) is 10.6 Å². The minimum Gasteiger partial charge on any atom is -0.493 e. The number of thiophene rings is 1. The molecule has 0 atom stereocenters. The Morgan fingerprint density at radius 1 is 1.00 bits per heavy atom. The number of amides is 2. The van der Waals surface area contributed by atoms with Crippen LogP contribution in [-0.2, 0) is 9.53 Å². The van der Waals surface area contributed by atoms with Gasteiger partial charge in [-0.15, -0.1) is 11.3 Å². The molecule has 26 heavy (non-hydrogen) atoms. The third kappa shape index (κ3) is 4.31. The summed E-state index contributed by atoms with van der Waals surface area (Å²) in [6, 6.07) is 6.21. The van der Waals surface area contributed by atoms with Gasteiger partial charge in [-0.2, -0.15) is 0 Å². The van der Waals surface area contributed by atoms with Crippen LogP contribution in [0.2, 0.25) is 0 Å². The van der Waals surface area contributed by atoms with E-state index in [1.165, 1.54) is 44.8 Å². The monoisotopic (exact) mass is 379 g/mol. The van der Waals surface area contributed by atoms with Crippen molar-refractivity contribution in [3.8, 4) is 17.2 Å². The highest BCUT2D eigenvalue weighted by Crippen LogP contribution is 2.39. The topological polar surface area (TPSA) is 100 Å². The van der Waals surface area contributed by atoms with Crippen LogP contribution < -0.4 is 19.5 Å². The van der Waals surface area contributed by atoms with Gasteiger partial charge in [-0.25, -0.2) is 4.79 Å². The second-order valence-corrected chi connectivity index (χ2v) is 5.76. The Morgan fingerprint density at radius 2 is 1.73 bits per heavy atom. The molecule has 0 radical (unpaired) electrons. The molecule has 2 aromatic rings. The molecule has 0 aliphatic rings. The van der Waals surface area contributed by atoms with E-state index < -0.39 is 24.4 Å². The molecule has 0 unspecified atom stereocenters. The molecule has 2 rings (SSSR count). The number of ether oxygens (including phenoxy) is 4. The van der Waals surface area contributed by atoms with Gasteiger partial charge in [-0.05, 0) is 23.6 Å². The Balaban J connectivity index is 2.03. The van der Waals surface area contributed by atoms with Crippen molar-refractivity contribution < 1.29 is 33.3 Å². The van der Waals surface area contributed by atoms with Crippen molar-refractivity contribution in [3.63, 3.8) is 0 Å². The molecule has 138 valence electrons. The lowest BCUT2D eigenvalue weighted by molar-refractivity contribution is -0.123. The average Bonchev–Trinajstić information content (AvgIpc) is 3.19. The minimum atomic E-state index is -0.804. The van der Waals surface area contributed by atoms with E-state index in [-0.39, 0.29) is 17.1 Å². The van der Waals surface area contributed by atoms with Gasteiger partial charge in [0.15, 0.2) is 18.1 Å². The molecule has 1 N–H and O–H groups in total. The van der Waals surface area contributed by atoms with Gasteiger partial charge < -0.3 is 18.9 Å². The van der Waals surface area contributed by atoms with Crippen LogP contribution in [0.4, 0.5) is 0 Å². The van der Waals surface area contributed by atoms with E-state index in [4.69, 9.17) is 18.9 Å². The number of hydrogen-bond acceptors (Lipinski definition) is 8. The van der Waals surface area contributed by atoms with Crippen LogP contribution >= 0.6 is 11.3 Å². The van der Waals surface area contributed by atoms with Gasteiger partial charge in [0.2, 0.25) is 5.75 Å². The molecule has 0 bridgehead atoms. The summed E-state index contributed by atoms with van der Waals surface area (Å²) >= 11 is 1.19. The summed E-state index contributed by atoms with van der Waals surface area (Å²) in [6.45, 7) is -0.618. The Morgan fingerprint density at radius 3 is 2.31 bits per heavy atom. The number of hydrogen-bond donors (Lipinski definition) is 1. The Hall–Kier alpha value is -3.07. The standard InChI is InChI=1S/C17H17NO7S/c1-22-11-7-6-10(14(23-2)15(11)24-3)17(21)25-9-13(19)18-16(20)12-5-4-8-26-12/h4-8H,9H2,1-3H3,(H,18,19,20). The molecular weight excluding hydrogens is 362 g/mol. The summed E-state index contributed by atoms with van der Waals surface area (Å²) in [4.78, 5) is 36.2. The summed E-state index contributed by atoms with van der Waals surface area (Å²) in [7, 11) is 4.21. The van der Waals surface area contributed by atoms with Gasteiger partial charge in [0.1, 0.15) is 5.56 Å². The normalized spacial score (nSPS) is 9.96. The third-order valence-corrected chi connectivity index (χ3v) is 4.13. The maximum Gasteiger partial charge on any atom is 0.342 e. The fourth-order valence-electron chi connectivity index (χ4n) is 2.10. The van der Waals surface area contributed by atoms with E-state index >= 15 is 0 Å². The lowest BCUT2D eigenvalue weighted by Crippen LogP contribution is -2.33. The molecule has 0 spiro atoms. The number of methoxy groups -OCH3 is 3. The Bertz CT molecular complexity index is 802. The summed E-state index contributed by atoms with van der Waals surface area (Å²) in [6.07, 6.45) is 0. The first-order valence-electron chi connectivity index (χ1n) is 7.35. The zero-order valence-electron chi connectivity index (χ0n) is 14.4. The van der Waals surface area contributed by atoms with Gasteiger partial charge in [0, 0.05) is 0 Å². The van der Waals surface area contributed by atoms with Crippen molar-refractivity contribution in [3.05, 3.63) is 40.1 Å². The van der Waals surface area contributed by atoms with Crippen molar-refractivity contribution in [2.24, 2.45) is 0 Å². The summed E-state index contributed by atoms with van der Waals surface area (Å²) in [5.74, 6) is -1.38. The number of carbonyl (C=O) groups is 3. The lowest BCUT2D eigenvalue weighted by atomic mass is 10.1. The SMILES string of the molecule is COc1ccc(C(=O)OCC(=O)NC(=O)c2cccs2)c(OC)c1OC.